The lowest BCUT2D eigenvalue weighted by atomic mass is 10.1. The molecule has 1 aromatic carbocycles. The van der Waals surface area contributed by atoms with E-state index >= 15 is 0 Å². The number of para-hydroxylation sites is 1. The minimum absolute atomic E-state index is 0.0155. The van der Waals surface area contributed by atoms with Crippen molar-refractivity contribution in [1.82, 2.24) is 29.5 Å². The summed E-state index contributed by atoms with van der Waals surface area (Å²) >= 11 is 1.63. The highest BCUT2D eigenvalue weighted by Gasteiger charge is 2.63. The number of allylic oxidation sites excluding steroid dienone is 1. The van der Waals surface area contributed by atoms with Crippen LogP contribution in [0.4, 0.5) is 0 Å². The molecule has 3 amide bonds. The lowest BCUT2D eigenvalue weighted by Crippen LogP contribution is -2.58. The third kappa shape index (κ3) is 7.20. The first-order valence-electron chi connectivity index (χ1n) is 20.1. The largest absolute Gasteiger partial charge is 0.459 e. The van der Waals surface area contributed by atoms with Crippen LogP contribution in [0.5, 0.6) is 6.01 Å². The van der Waals surface area contributed by atoms with Gasteiger partial charge in [0.05, 0.1) is 28.5 Å². The minimum Gasteiger partial charge on any atom is -0.459 e. The molecule has 3 aliphatic carbocycles. The predicted octanol–water partition coefficient (Wildman–Crippen LogP) is 5.47. The summed E-state index contributed by atoms with van der Waals surface area (Å²) in [4.78, 5) is 53.7. The summed E-state index contributed by atoms with van der Waals surface area (Å²) in [5.74, 6) is -1.51. The highest BCUT2D eigenvalue weighted by Crippen LogP contribution is 2.48. The number of rotatable bonds is 8. The maximum Gasteiger partial charge on any atom is 0.297 e. The van der Waals surface area contributed by atoms with E-state index in [2.05, 4.69) is 29.3 Å². The lowest BCUT2D eigenvalue weighted by molar-refractivity contribution is -0.140. The van der Waals surface area contributed by atoms with Gasteiger partial charge in [-0.2, -0.15) is 4.98 Å². The van der Waals surface area contributed by atoms with E-state index in [4.69, 9.17) is 20.4 Å². The number of benzene rings is 1. The molecule has 4 N–H and O–H groups in total. The molecule has 2 aliphatic heterocycles. The molecular weight excluding hydrogens is 739 g/mol. The Morgan fingerprint density at radius 3 is 2.60 bits per heavy atom. The first kappa shape index (κ1) is 38.1. The van der Waals surface area contributed by atoms with Crippen LogP contribution in [-0.4, -0.2) is 80.6 Å². The Hall–Kier alpha value is -3.82. The van der Waals surface area contributed by atoms with Crippen LogP contribution in [0.1, 0.15) is 122 Å². The van der Waals surface area contributed by atoms with Crippen molar-refractivity contribution in [3.05, 3.63) is 41.4 Å². The van der Waals surface area contributed by atoms with Crippen LogP contribution in [0.25, 0.3) is 21.6 Å². The number of nitrogens with zero attached hydrogens (tertiary/aromatic N) is 4. The van der Waals surface area contributed by atoms with Crippen molar-refractivity contribution in [2.45, 2.75) is 145 Å². The van der Waals surface area contributed by atoms with Crippen molar-refractivity contribution in [3.8, 4) is 16.6 Å². The molecule has 3 aromatic rings. The topological polar surface area (TPSA) is 179 Å². The first-order chi connectivity index (χ1) is 26.3. The second kappa shape index (κ2) is 14.6. The summed E-state index contributed by atoms with van der Waals surface area (Å²) in [6, 6.07) is 4.65. The van der Waals surface area contributed by atoms with Crippen molar-refractivity contribution < 1.29 is 27.5 Å². The molecule has 0 bridgehead atoms. The molecule has 13 nitrogen and oxygen atoms in total. The van der Waals surface area contributed by atoms with Crippen LogP contribution in [0, 0.1) is 5.92 Å². The molecule has 0 radical (unpaired) electrons. The van der Waals surface area contributed by atoms with E-state index in [1.54, 1.807) is 18.3 Å². The third-order valence-corrected chi connectivity index (χ3v) is 15.6. The lowest BCUT2D eigenvalue weighted by Gasteiger charge is -2.28. The third-order valence-electron chi connectivity index (χ3n) is 12.5. The molecule has 296 valence electrons. The van der Waals surface area contributed by atoms with E-state index in [1.807, 2.05) is 34.9 Å². The van der Waals surface area contributed by atoms with Crippen LogP contribution in [0.2, 0.25) is 0 Å². The number of nitrogens with two attached hydrogens (primary N) is 1. The quantitative estimate of drug-likeness (QED) is 0.250. The zero-order valence-corrected chi connectivity index (χ0v) is 33.6. The average molecular weight is 792 g/mol. The number of ether oxygens (including phenoxy) is 1. The van der Waals surface area contributed by atoms with Gasteiger partial charge in [0.1, 0.15) is 28.2 Å². The van der Waals surface area contributed by atoms with Crippen LogP contribution < -0.4 is 20.5 Å². The highest BCUT2D eigenvalue weighted by molar-refractivity contribution is 7.91. The number of thiazole rings is 1. The predicted molar refractivity (Wildman–Crippen MR) is 211 cm³/mol. The standard InChI is InChI=1S/C40H53N7O6S2/c1-24(2)47-31-17-11-15-28(35-42-30(23-54-35)25-12-9-10-13-25)33(31)43-38(47)53-27-20-32-34(48)44-40(37(50)45-55(51,52)39(3)18-19-39)21-26(40)14-7-5-4-6-8-16-29(41)36(49)46(32)22-27/h7,11,14-15,17,23-27,29,32H,4-6,8-10,12-13,16,18-22,41H2,1-3H3,(H,44,48)(H,45,50)/b14-7-/t26-,27-,29+,32+,40-/m1/s1. The Labute approximate surface area is 326 Å². The summed E-state index contributed by atoms with van der Waals surface area (Å²) in [5, 5.41) is 6.03. The Morgan fingerprint density at radius 2 is 1.85 bits per heavy atom. The number of imidazole rings is 1. The molecule has 4 fully saturated rings. The Kier molecular flexibility index (Phi) is 10.1. The molecule has 4 heterocycles. The molecule has 0 unspecified atom stereocenters. The van der Waals surface area contributed by atoms with Gasteiger partial charge in [0.2, 0.25) is 21.8 Å². The van der Waals surface area contributed by atoms with E-state index in [-0.39, 0.29) is 37.3 Å². The van der Waals surface area contributed by atoms with Gasteiger partial charge in [-0.25, -0.2) is 13.4 Å². The minimum atomic E-state index is -3.94. The van der Waals surface area contributed by atoms with Crippen LogP contribution >= 0.6 is 11.3 Å². The summed E-state index contributed by atoms with van der Waals surface area (Å²) < 4.78 is 36.3. The monoisotopic (exact) mass is 791 g/mol. The maximum atomic E-state index is 14.3. The second-order valence-electron chi connectivity index (χ2n) is 16.9. The molecule has 55 heavy (non-hydrogen) atoms. The van der Waals surface area contributed by atoms with Gasteiger partial charge < -0.3 is 20.7 Å². The van der Waals surface area contributed by atoms with Gasteiger partial charge in [0, 0.05) is 35.2 Å². The molecule has 0 spiro atoms. The van der Waals surface area contributed by atoms with Gasteiger partial charge in [0.25, 0.3) is 11.9 Å². The summed E-state index contributed by atoms with van der Waals surface area (Å²) in [6.07, 6.45) is 13.2. The van der Waals surface area contributed by atoms with Crippen molar-refractivity contribution in [3.63, 3.8) is 0 Å². The second-order valence-corrected chi connectivity index (χ2v) is 20.0. The van der Waals surface area contributed by atoms with E-state index in [0.29, 0.717) is 31.2 Å². The fraction of sp³-hybridized carbons (Fsp3) is 0.625. The number of amides is 3. The van der Waals surface area contributed by atoms with E-state index in [1.165, 1.54) is 30.6 Å². The zero-order valence-electron chi connectivity index (χ0n) is 32.0. The molecule has 2 aromatic heterocycles. The zero-order chi connectivity index (χ0) is 38.7. The van der Waals surface area contributed by atoms with Gasteiger partial charge in [0.15, 0.2) is 0 Å². The highest BCUT2D eigenvalue weighted by atomic mass is 32.2. The maximum absolute atomic E-state index is 14.3. The molecule has 15 heteroatoms. The Morgan fingerprint density at radius 1 is 1.09 bits per heavy atom. The van der Waals surface area contributed by atoms with E-state index in [0.717, 1.165) is 53.0 Å². The number of sulfonamides is 1. The number of carbonyl (C=O) groups is 3. The van der Waals surface area contributed by atoms with Crippen molar-refractivity contribution in [1.29, 1.82) is 0 Å². The van der Waals surface area contributed by atoms with Crippen molar-refractivity contribution in [2.24, 2.45) is 11.7 Å². The number of carbonyl (C=O) groups excluding carboxylic acids is 3. The average Bonchev–Trinajstić information content (AvgIpc) is 3.65. The van der Waals surface area contributed by atoms with Gasteiger partial charge in [-0.1, -0.05) is 43.9 Å². The first-order valence-corrected chi connectivity index (χ1v) is 22.4. The number of hydrogen-bond acceptors (Lipinski definition) is 10. The van der Waals surface area contributed by atoms with E-state index < -0.39 is 50.3 Å². The van der Waals surface area contributed by atoms with Gasteiger partial charge in [-0.05, 0) is 84.3 Å². The number of hydrogen-bond donors (Lipinski definition) is 3. The number of nitrogens with one attached hydrogen (secondary N) is 2. The van der Waals surface area contributed by atoms with Crippen LogP contribution in [0.3, 0.4) is 0 Å². The van der Waals surface area contributed by atoms with Crippen LogP contribution in [0.15, 0.2) is 35.7 Å². The Balaban J connectivity index is 1.08. The summed E-state index contributed by atoms with van der Waals surface area (Å²) in [7, 11) is -3.94. The summed E-state index contributed by atoms with van der Waals surface area (Å²) in [5.41, 5.74) is 8.80. The molecule has 8 rings (SSSR count). The van der Waals surface area contributed by atoms with Crippen molar-refractivity contribution in [2.75, 3.05) is 6.54 Å². The van der Waals surface area contributed by atoms with Gasteiger partial charge >= 0.3 is 0 Å². The summed E-state index contributed by atoms with van der Waals surface area (Å²) in [6.45, 7) is 5.84. The fourth-order valence-electron chi connectivity index (χ4n) is 8.66. The Bertz CT molecular complexity index is 2120. The van der Waals surface area contributed by atoms with Gasteiger partial charge in [-0.15, -0.1) is 11.3 Å². The molecule has 3 saturated carbocycles. The van der Waals surface area contributed by atoms with Crippen molar-refractivity contribution >= 4 is 50.1 Å². The van der Waals surface area contributed by atoms with Crippen LogP contribution in [-0.2, 0) is 24.4 Å². The SMILES string of the molecule is CC(C)n1c(O[C@@H]2C[C@H]3C(=O)N[C@]4(C(=O)NS(=O)(=O)C5(C)CC5)C[C@H]4/C=C\CCCCC[C@H](N)C(=O)N3C2)nc2c(-c3nc(C4CCCC4)cs3)cccc21. The molecular formula is C40H53N7O6S2. The number of fused-ring (bicyclic) bond motifs is 3. The van der Waals surface area contributed by atoms with Gasteiger partial charge in [-0.3, -0.25) is 23.7 Å². The fourth-order valence-corrected chi connectivity index (χ4v) is 10.9. The molecule has 1 saturated heterocycles. The molecule has 5 aliphatic rings. The molecule has 5 atom stereocenters. The smallest absolute Gasteiger partial charge is 0.297 e. The van der Waals surface area contributed by atoms with E-state index in [9.17, 15) is 22.8 Å². The normalized spacial score (nSPS) is 29.3. The number of aromatic nitrogens is 3.